The molecule has 1 N–H and O–H groups in total. The average Bonchev–Trinajstić information content (AvgIpc) is 2.62. The summed E-state index contributed by atoms with van der Waals surface area (Å²) in [5.41, 5.74) is 1.10. The molecule has 1 heterocycles. The predicted molar refractivity (Wildman–Crippen MR) is 99.5 cm³/mol. The van der Waals surface area contributed by atoms with Crippen molar-refractivity contribution >= 4 is 34.8 Å². The van der Waals surface area contributed by atoms with Gasteiger partial charge in [-0.25, -0.2) is 8.78 Å². The van der Waals surface area contributed by atoms with Crippen LogP contribution in [0.4, 0.5) is 14.5 Å². The van der Waals surface area contributed by atoms with E-state index in [0.29, 0.717) is 23.1 Å². The zero-order chi connectivity index (χ0) is 18.7. The van der Waals surface area contributed by atoms with E-state index in [4.69, 9.17) is 23.2 Å². The van der Waals surface area contributed by atoms with Gasteiger partial charge >= 0.3 is 0 Å². The van der Waals surface area contributed by atoms with E-state index in [1.54, 1.807) is 18.2 Å². The Balaban J connectivity index is 1.64. The van der Waals surface area contributed by atoms with Crippen LogP contribution in [0.25, 0.3) is 0 Å². The SMILES string of the molecule is O=C(Nc1ccc(F)c(F)c1)C1CCCN(Cc2c(Cl)cccc2Cl)C1. The second-order valence-electron chi connectivity index (χ2n) is 6.39. The molecule has 7 heteroatoms. The van der Waals surface area contributed by atoms with Crippen molar-refractivity contribution in [1.82, 2.24) is 4.90 Å². The maximum absolute atomic E-state index is 13.3. The maximum Gasteiger partial charge on any atom is 0.228 e. The number of carbonyl (C=O) groups is 1. The van der Waals surface area contributed by atoms with Crippen LogP contribution in [-0.4, -0.2) is 23.9 Å². The van der Waals surface area contributed by atoms with Gasteiger partial charge in [0, 0.05) is 40.5 Å². The lowest BCUT2D eigenvalue weighted by molar-refractivity contribution is -0.121. The fourth-order valence-electron chi connectivity index (χ4n) is 3.14. The number of hydrogen-bond donors (Lipinski definition) is 1. The molecule has 0 saturated carbocycles. The molecule has 2 aromatic carbocycles. The molecule has 0 bridgehead atoms. The second-order valence-corrected chi connectivity index (χ2v) is 7.21. The number of anilines is 1. The maximum atomic E-state index is 13.3. The number of halogens is 4. The lowest BCUT2D eigenvalue weighted by Crippen LogP contribution is -2.40. The van der Waals surface area contributed by atoms with Crippen molar-refractivity contribution in [2.45, 2.75) is 19.4 Å². The quantitative estimate of drug-likeness (QED) is 0.774. The van der Waals surface area contributed by atoms with Gasteiger partial charge in [-0.05, 0) is 43.7 Å². The molecule has 0 radical (unpaired) electrons. The van der Waals surface area contributed by atoms with E-state index in [2.05, 4.69) is 10.2 Å². The van der Waals surface area contributed by atoms with E-state index in [9.17, 15) is 13.6 Å². The van der Waals surface area contributed by atoms with E-state index < -0.39 is 11.6 Å². The van der Waals surface area contributed by atoms with Crippen molar-refractivity contribution in [3.63, 3.8) is 0 Å². The van der Waals surface area contributed by atoms with Crippen LogP contribution in [0.3, 0.4) is 0 Å². The summed E-state index contributed by atoms with van der Waals surface area (Å²) in [6, 6.07) is 8.71. The van der Waals surface area contributed by atoms with Gasteiger partial charge in [0.15, 0.2) is 11.6 Å². The van der Waals surface area contributed by atoms with E-state index in [1.165, 1.54) is 6.07 Å². The molecule has 1 saturated heterocycles. The summed E-state index contributed by atoms with van der Waals surface area (Å²) in [5, 5.41) is 3.87. The van der Waals surface area contributed by atoms with Gasteiger partial charge in [-0.15, -0.1) is 0 Å². The summed E-state index contributed by atoms with van der Waals surface area (Å²) >= 11 is 12.5. The number of carbonyl (C=O) groups excluding carboxylic acids is 1. The van der Waals surface area contributed by atoms with Crippen molar-refractivity contribution < 1.29 is 13.6 Å². The minimum absolute atomic E-state index is 0.203. The van der Waals surface area contributed by atoms with Crippen LogP contribution in [0.1, 0.15) is 18.4 Å². The summed E-state index contributed by atoms with van der Waals surface area (Å²) in [5.74, 6) is -2.37. The highest BCUT2D eigenvalue weighted by Gasteiger charge is 2.26. The molecule has 0 aliphatic carbocycles. The number of piperidine rings is 1. The zero-order valence-electron chi connectivity index (χ0n) is 13.9. The van der Waals surface area contributed by atoms with Gasteiger partial charge in [0.05, 0.1) is 5.92 Å². The lowest BCUT2D eigenvalue weighted by atomic mass is 9.96. The lowest BCUT2D eigenvalue weighted by Gasteiger charge is -2.32. The van der Waals surface area contributed by atoms with Gasteiger partial charge in [0.25, 0.3) is 0 Å². The number of likely N-dealkylation sites (tertiary alicyclic amines) is 1. The fraction of sp³-hybridized carbons (Fsp3) is 0.316. The first-order valence-electron chi connectivity index (χ1n) is 8.35. The Labute approximate surface area is 160 Å². The zero-order valence-corrected chi connectivity index (χ0v) is 15.5. The van der Waals surface area contributed by atoms with Crippen LogP contribution in [0.5, 0.6) is 0 Å². The van der Waals surface area contributed by atoms with Crippen LogP contribution in [0, 0.1) is 17.6 Å². The summed E-state index contributed by atoms with van der Waals surface area (Å²) in [7, 11) is 0. The van der Waals surface area contributed by atoms with Gasteiger partial charge in [0.1, 0.15) is 0 Å². The molecule has 1 fully saturated rings. The molecular formula is C19H18Cl2F2N2O. The van der Waals surface area contributed by atoms with Gasteiger partial charge in [-0.1, -0.05) is 29.3 Å². The van der Waals surface area contributed by atoms with Gasteiger partial charge in [-0.2, -0.15) is 0 Å². The fourth-order valence-corrected chi connectivity index (χ4v) is 3.66. The third-order valence-electron chi connectivity index (χ3n) is 4.51. The molecule has 0 spiro atoms. The van der Waals surface area contributed by atoms with Crippen LogP contribution in [-0.2, 0) is 11.3 Å². The Hall–Kier alpha value is -1.69. The number of hydrogen-bond acceptors (Lipinski definition) is 2. The van der Waals surface area contributed by atoms with Crippen LogP contribution < -0.4 is 5.32 Å². The van der Waals surface area contributed by atoms with E-state index in [0.717, 1.165) is 37.1 Å². The van der Waals surface area contributed by atoms with Gasteiger partial charge in [-0.3, -0.25) is 9.69 Å². The van der Waals surface area contributed by atoms with Crippen molar-refractivity contribution in [3.05, 3.63) is 63.6 Å². The highest BCUT2D eigenvalue weighted by molar-refractivity contribution is 6.35. The van der Waals surface area contributed by atoms with Crippen LogP contribution in [0.15, 0.2) is 36.4 Å². The Morgan fingerprint density at radius 2 is 1.88 bits per heavy atom. The molecule has 26 heavy (non-hydrogen) atoms. The second kappa shape index (κ2) is 8.33. The van der Waals surface area contributed by atoms with Crippen LogP contribution in [0.2, 0.25) is 10.0 Å². The largest absolute Gasteiger partial charge is 0.326 e. The molecule has 1 amide bonds. The molecular weight excluding hydrogens is 381 g/mol. The first-order chi connectivity index (χ1) is 12.4. The molecule has 1 unspecified atom stereocenters. The van der Waals surface area contributed by atoms with Crippen molar-refractivity contribution in [3.8, 4) is 0 Å². The standard InChI is InChI=1S/C19H18Cl2F2N2O/c20-15-4-1-5-16(21)14(15)11-25-8-2-3-12(10-25)19(26)24-13-6-7-17(22)18(23)9-13/h1,4-7,9,12H,2-3,8,10-11H2,(H,24,26). The molecule has 3 nitrogen and oxygen atoms in total. The summed E-state index contributed by atoms with van der Waals surface area (Å²) in [4.78, 5) is 14.6. The third-order valence-corrected chi connectivity index (χ3v) is 5.22. The highest BCUT2D eigenvalue weighted by atomic mass is 35.5. The number of nitrogens with zero attached hydrogens (tertiary/aromatic N) is 1. The van der Waals surface area contributed by atoms with E-state index in [-0.39, 0.29) is 17.5 Å². The predicted octanol–water partition coefficient (Wildman–Crippen LogP) is 5.12. The minimum Gasteiger partial charge on any atom is -0.326 e. The molecule has 1 aliphatic heterocycles. The van der Waals surface area contributed by atoms with Crippen molar-refractivity contribution in [1.29, 1.82) is 0 Å². The first kappa shape index (κ1) is 19.1. The summed E-state index contributed by atoms with van der Waals surface area (Å²) in [6.45, 7) is 1.96. The van der Waals surface area contributed by atoms with Crippen molar-refractivity contribution in [2.24, 2.45) is 5.92 Å². The average molecular weight is 399 g/mol. The number of benzene rings is 2. The van der Waals surface area contributed by atoms with Gasteiger partial charge in [0.2, 0.25) is 5.91 Å². The number of amides is 1. The Bertz CT molecular complexity index is 796. The topological polar surface area (TPSA) is 32.3 Å². The number of nitrogens with one attached hydrogen (secondary N) is 1. The third kappa shape index (κ3) is 4.53. The Morgan fingerprint density at radius 1 is 1.15 bits per heavy atom. The Morgan fingerprint density at radius 3 is 2.58 bits per heavy atom. The summed E-state index contributed by atoms with van der Waals surface area (Å²) in [6.07, 6.45) is 1.60. The molecule has 0 aromatic heterocycles. The normalized spacial score (nSPS) is 17.9. The van der Waals surface area contributed by atoms with E-state index >= 15 is 0 Å². The molecule has 1 aliphatic rings. The monoisotopic (exact) mass is 398 g/mol. The van der Waals surface area contributed by atoms with Crippen LogP contribution >= 0.6 is 23.2 Å². The molecule has 2 aromatic rings. The van der Waals surface area contributed by atoms with E-state index in [1.807, 2.05) is 0 Å². The first-order valence-corrected chi connectivity index (χ1v) is 9.11. The Kier molecular flexibility index (Phi) is 6.12. The molecule has 1 atom stereocenters. The molecule has 138 valence electrons. The van der Waals surface area contributed by atoms with Gasteiger partial charge < -0.3 is 5.32 Å². The smallest absolute Gasteiger partial charge is 0.228 e. The minimum atomic E-state index is -0.985. The molecule has 3 rings (SSSR count). The highest BCUT2D eigenvalue weighted by Crippen LogP contribution is 2.28. The number of rotatable bonds is 4. The summed E-state index contributed by atoms with van der Waals surface area (Å²) < 4.78 is 26.3. The van der Waals surface area contributed by atoms with Crippen molar-refractivity contribution in [2.75, 3.05) is 18.4 Å².